The van der Waals surface area contributed by atoms with Gasteiger partial charge in [-0.2, -0.15) is 0 Å². The second-order valence-corrected chi connectivity index (χ2v) is 5.46. The number of nitrogens with one attached hydrogen (secondary N) is 1. The summed E-state index contributed by atoms with van der Waals surface area (Å²) in [6.07, 6.45) is 3.67. The van der Waals surface area contributed by atoms with Crippen LogP contribution in [-0.4, -0.2) is 33.3 Å². The van der Waals surface area contributed by atoms with Crippen molar-refractivity contribution in [3.05, 3.63) is 23.8 Å². The smallest absolute Gasteiger partial charge is 0.122 e. The van der Waals surface area contributed by atoms with E-state index in [1.54, 1.807) is 0 Å². The topological polar surface area (TPSA) is 24.5 Å². The number of benzene rings is 1. The number of fused-ring (bicyclic) bond motifs is 1. The Morgan fingerprint density at radius 1 is 1.33 bits per heavy atom. The van der Waals surface area contributed by atoms with Gasteiger partial charge in [-0.15, -0.1) is 0 Å². The molecule has 0 aromatic heterocycles. The molecule has 2 heterocycles. The van der Waals surface area contributed by atoms with Gasteiger partial charge in [0, 0.05) is 25.7 Å². The standard InChI is InChI=1S/C15H22N2O/c1-17(11-12-4-7-16-8-5-12)14-2-3-15-13(10-14)6-9-18-15/h2-3,10,12,16H,4-9,11H2,1H3. The summed E-state index contributed by atoms with van der Waals surface area (Å²) < 4.78 is 5.56. The van der Waals surface area contributed by atoms with Crippen molar-refractivity contribution in [1.29, 1.82) is 0 Å². The maximum Gasteiger partial charge on any atom is 0.122 e. The highest BCUT2D eigenvalue weighted by Crippen LogP contribution is 2.29. The average Bonchev–Trinajstić information content (AvgIpc) is 2.87. The van der Waals surface area contributed by atoms with E-state index < -0.39 is 0 Å². The van der Waals surface area contributed by atoms with Gasteiger partial charge in [0.2, 0.25) is 0 Å². The van der Waals surface area contributed by atoms with Crippen molar-refractivity contribution in [1.82, 2.24) is 5.32 Å². The van der Waals surface area contributed by atoms with Crippen LogP contribution in [0.4, 0.5) is 5.69 Å². The van der Waals surface area contributed by atoms with E-state index in [0.29, 0.717) is 0 Å². The van der Waals surface area contributed by atoms with Gasteiger partial charge in [0.1, 0.15) is 5.75 Å². The maximum atomic E-state index is 5.56. The summed E-state index contributed by atoms with van der Waals surface area (Å²) in [5, 5.41) is 3.43. The summed E-state index contributed by atoms with van der Waals surface area (Å²) in [7, 11) is 2.21. The van der Waals surface area contributed by atoms with E-state index in [9.17, 15) is 0 Å². The van der Waals surface area contributed by atoms with Gasteiger partial charge in [-0.3, -0.25) is 0 Å². The molecule has 3 nitrogen and oxygen atoms in total. The van der Waals surface area contributed by atoms with Crippen LogP contribution in [0.3, 0.4) is 0 Å². The second-order valence-electron chi connectivity index (χ2n) is 5.46. The van der Waals surface area contributed by atoms with Gasteiger partial charge in [-0.1, -0.05) is 0 Å². The Labute approximate surface area is 109 Å². The van der Waals surface area contributed by atoms with Crippen molar-refractivity contribution >= 4 is 5.69 Å². The van der Waals surface area contributed by atoms with Crippen LogP contribution in [0.5, 0.6) is 5.75 Å². The molecule has 0 atom stereocenters. The van der Waals surface area contributed by atoms with Crippen LogP contribution in [0.1, 0.15) is 18.4 Å². The van der Waals surface area contributed by atoms with Crippen LogP contribution in [0.2, 0.25) is 0 Å². The zero-order chi connectivity index (χ0) is 12.4. The predicted molar refractivity (Wildman–Crippen MR) is 74.5 cm³/mol. The molecule has 0 bridgehead atoms. The molecule has 0 unspecified atom stereocenters. The Morgan fingerprint density at radius 3 is 3.00 bits per heavy atom. The lowest BCUT2D eigenvalue weighted by atomic mass is 9.97. The molecule has 0 saturated carbocycles. The van der Waals surface area contributed by atoms with Gasteiger partial charge in [-0.25, -0.2) is 0 Å². The van der Waals surface area contributed by atoms with Crippen LogP contribution in [-0.2, 0) is 6.42 Å². The zero-order valence-electron chi connectivity index (χ0n) is 11.1. The fourth-order valence-electron chi connectivity index (χ4n) is 2.97. The Kier molecular flexibility index (Phi) is 3.41. The normalized spacial score (nSPS) is 19.4. The van der Waals surface area contributed by atoms with E-state index >= 15 is 0 Å². The zero-order valence-corrected chi connectivity index (χ0v) is 11.1. The average molecular weight is 246 g/mol. The molecule has 98 valence electrons. The quantitative estimate of drug-likeness (QED) is 0.883. The molecular weight excluding hydrogens is 224 g/mol. The number of nitrogens with zero attached hydrogens (tertiary/aromatic N) is 1. The molecule has 3 rings (SSSR count). The third kappa shape index (κ3) is 2.46. The summed E-state index contributed by atoms with van der Waals surface area (Å²) in [5.41, 5.74) is 2.70. The molecule has 2 aliphatic rings. The van der Waals surface area contributed by atoms with E-state index in [2.05, 4.69) is 35.5 Å². The van der Waals surface area contributed by atoms with Crippen LogP contribution in [0.15, 0.2) is 18.2 Å². The van der Waals surface area contributed by atoms with Gasteiger partial charge < -0.3 is 15.0 Å². The minimum atomic E-state index is 0.834. The molecule has 1 saturated heterocycles. The molecule has 3 heteroatoms. The van der Waals surface area contributed by atoms with E-state index in [0.717, 1.165) is 24.7 Å². The van der Waals surface area contributed by atoms with Crippen molar-refractivity contribution in [2.45, 2.75) is 19.3 Å². The van der Waals surface area contributed by atoms with Crippen LogP contribution < -0.4 is 15.0 Å². The molecule has 0 amide bonds. The summed E-state index contributed by atoms with van der Waals surface area (Å²) in [6, 6.07) is 6.60. The highest BCUT2D eigenvalue weighted by Gasteiger charge is 2.17. The molecule has 18 heavy (non-hydrogen) atoms. The van der Waals surface area contributed by atoms with Crippen molar-refractivity contribution in [2.75, 3.05) is 38.2 Å². The van der Waals surface area contributed by atoms with Crippen molar-refractivity contribution in [3.8, 4) is 5.75 Å². The number of anilines is 1. The maximum absolute atomic E-state index is 5.56. The first-order valence-corrected chi connectivity index (χ1v) is 7.00. The van der Waals surface area contributed by atoms with Gasteiger partial charge in [-0.05, 0) is 55.6 Å². The molecule has 2 aliphatic heterocycles. The van der Waals surface area contributed by atoms with Crippen LogP contribution in [0.25, 0.3) is 0 Å². The highest BCUT2D eigenvalue weighted by atomic mass is 16.5. The lowest BCUT2D eigenvalue weighted by Crippen LogP contribution is -2.34. The molecule has 1 N–H and O–H groups in total. The van der Waals surface area contributed by atoms with Gasteiger partial charge >= 0.3 is 0 Å². The molecule has 1 fully saturated rings. The van der Waals surface area contributed by atoms with Crippen molar-refractivity contribution in [3.63, 3.8) is 0 Å². The molecule has 0 aliphatic carbocycles. The Hall–Kier alpha value is -1.22. The Bertz CT molecular complexity index is 413. The third-order valence-electron chi connectivity index (χ3n) is 4.10. The number of ether oxygens (including phenoxy) is 1. The molecule has 0 spiro atoms. The number of hydrogen-bond donors (Lipinski definition) is 1. The summed E-state index contributed by atoms with van der Waals surface area (Å²) in [4.78, 5) is 2.40. The monoisotopic (exact) mass is 246 g/mol. The first-order valence-electron chi connectivity index (χ1n) is 7.00. The van der Waals surface area contributed by atoms with Gasteiger partial charge in [0.25, 0.3) is 0 Å². The lowest BCUT2D eigenvalue weighted by Gasteiger charge is -2.29. The summed E-state index contributed by atoms with van der Waals surface area (Å²) in [6.45, 7) is 4.37. The molecule has 0 radical (unpaired) electrons. The van der Waals surface area contributed by atoms with E-state index in [-0.39, 0.29) is 0 Å². The van der Waals surface area contributed by atoms with E-state index in [1.165, 1.54) is 43.7 Å². The number of hydrogen-bond acceptors (Lipinski definition) is 3. The molecule has 1 aromatic rings. The summed E-state index contributed by atoms with van der Waals surface area (Å²) in [5.74, 6) is 1.91. The predicted octanol–water partition coefficient (Wildman–Crippen LogP) is 2.06. The fourth-order valence-corrected chi connectivity index (χ4v) is 2.97. The Balaban J connectivity index is 1.66. The number of rotatable bonds is 3. The molecule has 1 aromatic carbocycles. The Morgan fingerprint density at radius 2 is 2.17 bits per heavy atom. The first kappa shape index (κ1) is 11.8. The molecular formula is C15H22N2O. The third-order valence-corrected chi connectivity index (χ3v) is 4.10. The highest BCUT2D eigenvalue weighted by molar-refractivity contribution is 5.53. The van der Waals surface area contributed by atoms with Gasteiger partial charge in [0.15, 0.2) is 0 Å². The minimum Gasteiger partial charge on any atom is -0.493 e. The van der Waals surface area contributed by atoms with Crippen LogP contribution >= 0.6 is 0 Å². The largest absolute Gasteiger partial charge is 0.493 e. The number of piperidine rings is 1. The van der Waals surface area contributed by atoms with Gasteiger partial charge in [0.05, 0.1) is 6.61 Å². The second kappa shape index (κ2) is 5.19. The van der Waals surface area contributed by atoms with E-state index in [4.69, 9.17) is 4.74 Å². The minimum absolute atomic E-state index is 0.834. The van der Waals surface area contributed by atoms with Crippen LogP contribution in [0, 0.1) is 5.92 Å². The van der Waals surface area contributed by atoms with E-state index in [1.807, 2.05) is 0 Å². The van der Waals surface area contributed by atoms with Crippen molar-refractivity contribution in [2.24, 2.45) is 5.92 Å². The SMILES string of the molecule is CN(CC1CCNCC1)c1ccc2c(c1)CCO2. The summed E-state index contributed by atoms with van der Waals surface area (Å²) >= 11 is 0. The first-order chi connectivity index (χ1) is 8.83. The van der Waals surface area contributed by atoms with Crippen molar-refractivity contribution < 1.29 is 4.74 Å². The lowest BCUT2D eigenvalue weighted by molar-refractivity contribution is 0.357. The fraction of sp³-hybridized carbons (Fsp3) is 0.600.